The Bertz CT molecular complexity index is 750. The Balaban J connectivity index is 1.79. The van der Waals surface area contributed by atoms with Crippen LogP contribution in [0.1, 0.15) is 25.0 Å². The molecule has 2 aromatic rings. The van der Waals surface area contributed by atoms with Gasteiger partial charge in [-0.05, 0) is 50.5 Å². The molecule has 1 fully saturated rings. The van der Waals surface area contributed by atoms with Gasteiger partial charge in [0.25, 0.3) is 0 Å². The van der Waals surface area contributed by atoms with E-state index in [2.05, 4.69) is 21.3 Å². The topological polar surface area (TPSA) is 30.3 Å². The number of halogens is 3. The third-order valence-corrected chi connectivity index (χ3v) is 4.21. The minimum atomic E-state index is -4.69. The van der Waals surface area contributed by atoms with Crippen molar-refractivity contribution >= 4 is 5.82 Å². The molecule has 0 bridgehead atoms. The second-order valence-corrected chi connectivity index (χ2v) is 6.19. The van der Waals surface area contributed by atoms with Crippen LogP contribution in [0.25, 0.3) is 5.69 Å². The van der Waals surface area contributed by atoms with Crippen molar-refractivity contribution in [2.45, 2.75) is 32.5 Å². The molecule has 134 valence electrons. The van der Waals surface area contributed by atoms with Crippen molar-refractivity contribution in [3.8, 4) is 11.4 Å². The van der Waals surface area contributed by atoms with E-state index in [0.29, 0.717) is 5.69 Å². The van der Waals surface area contributed by atoms with Gasteiger partial charge >= 0.3 is 6.36 Å². The van der Waals surface area contributed by atoms with Crippen LogP contribution in [0.2, 0.25) is 0 Å². The maximum atomic E-state index is 12.2. The third-order valence-electron chi connectivity index (χ3n) is 4.21. The van der Waals surface area contributed by atoms with Gasteiger partial charge in [-0.1, -0.05) is 12.2 Å². The molecule has 0 amide bonds. The molecule has 0 spiro atoms. The quantitative estimate of drug-likeness (QED) is 0.756. The van der Waals surface area contributed by atoms with Gasteiger partial charge in [0.05, 0.1) is 5.69 Å². The number of hydrogen-bond donors (Lipinski definition) is 0. The maximum absolute atomic E-state index is 12.2. The van der Waals surface area contributed by atoms with Gasteiger partial charge in [-0.3, -0.25) is 0 Å². The lowest BCUT2D eigenvalue weighted by Crippen LogP contribution is -2.24. The van der Waals surface area contributed by atoms with Gasteiger partial charge < -0.3 is 9.64 Å². The van der Waals surface area contributed by atoms with E-state index in [0.717, 1.165) is 43.9 Å². The summed E-state index contributed by atoms with van der Waals surface area (Å²) in [6.07, 6.45) is -1.65. The second kappa shape index (κ2) is 6.82. The molecule has 0 unspecified atom stereocenters. The van der Waals surface area contributed by atoms with Crippen LogP contribution in [-0.4, -0.2) is 29.2 Å². The van der Waals surface area contributed by atoms with E-state index in [1.54, 1.807) is 16.8 Å². The second-order valence-electron chi connectivity index (χ2n) is 6.19. The van der Waals surface area contributed by atoms with E-state index in [1.165, 1.54) is 17.7 Å². The number of benzene rings is 1. The molecule has 4 nitrogen and oxygen atoms in total. The lowest BCUT2D eigenvalue weighted by atomic mass is 10.1. The molecule has 0 N–H and O–H groups in total. The Labute approximate surface area is 144 Å². The largest absolute Gasteiger partial charge is 0.573 e. The van der Waals surface area contributed by atoms with Crippen LogP contribution in [0.4, 0.5) is 19.0 Å². The smallest absolute Gasteiger partial charge is 0.406 e. The number of anilines is 1. The zero-order valence-electron chi connectivity index (χ0n) is 14.0. The van der Waals surface area contributed by atoms with E-state index >= 15 is 0 Å². The summed E-state index contributed by atoms with van der Waals surface area (Å²) in [5.74, 6) is 0.634. The fourth-order valence-electron chi connectivity index (χ4n) is 2.94. The first-order valence-corrected chi connectivity index (χ1v) is 8.16. The zero-order valence-corrected chi connectivity index (χ0v) is 14.0. The fourth-order valence-corrected chi connectivity index (χ4v) is 2.94. The summed E-state index contributed by atoms with van der Waals surface area (Å²) in [5, 5.41) is 4.62. The van der Waals surface area contributed by atoms with Gasteiger partial charge in [0, 0.05) is 24.8 Å². The van der Waals surface area contributed by atoms with Gasteiger partial charge in [-0.2, -0.15) is 5.10 Å². The van der Waals surface area contributed by atoms with Crippen molar-refractivity contribution in [1.29, 1.82) is 0 Å². The van der Waals surface area contributed by atoms with Gasteiger partial charge in [-0.25, -0.2) is 4.68 Å². The summed E-state index contributed by atoms with van der Waals surface area (Å²) in [5.41, 5.74) is 2.87. The van der Waals surface area contributed by atoms with Gasteiger partial charge in [0.15, 0.2) is 5.82 Å². The Hall–Kier alpha value is -2.44. The van der Waals surface area contributed by atoms with Crippen molar-refractivity contribution in [1.82, 2.24) is 9.78 Å². The predicted molar refractivity (Wildman–Crippen MR) is 90.2 cm³/mol. The molecule has 7 heteroatoms. The number of rotatable bonds is 3. The summed E-state index contributed by atoms with van der Waals surface area (Å²) in [7, 11) is 0. The van der Waals surface area contributed by atoms with E-state index < -0.39 is 6.36 Å². The molecule has 1 saturated heterocycles. The zero-order chi connectivity index (χ0) is 18.0. The Kier molecular flexibility index (Phi) is 4.74. The van der Waals surface area contributed by atoms with Crippen molar-refractivity contribution in [2.24, 2.45) is 0 Å². The molecule has 2 heterocycles. The van der Waals surface area contributed by atoms with Gasteiger partial charge in [0.1, 0.15) is 5.75 Å². The summed E-state index contributed by atoms with van der Waals surface area (Å²) >= 11 is 0. The molecule has 1 aliphatic rings. The highest BCUT2D eigenvalue weighted by atomic mass is 19.4. The minimum Gasteiger partial charge on any atom is -0.406 e. The highest BCUT2D eigenvalue weighted by Crippen LogP contribution is 2.26. The number of alkyl halides is 3. The lowest BCUT2D eigenvalue weighted by Gasteiger charge is -2.19. The van der Waals surface area contributed by atoms with Crippen LogP contribution in [-0.2, 0) is 0 Å². The van der Waals surface area contributed by atoms with Gasteiger partial charge in [-0.15, -0.1) is 13.2 Å². The molecule has 0 radical (unpaired) electrons. The van der Waals surface area contributed by atoms with Crippen molar-refractivity contribution in [3.05, 3.63) is 48.2 Å². The SMILES string of the molecule is C=C1CCCN(c2cc(C)n(-c3ccc(OC(F)(F)F)cc3)n2)CC1. The van der Waals surface area contributed by atoms with Gasteiger partial charge in [0.2, 0.25) is 0 Å². The Morgan fingerprint density at radius 3 is 2.52 bits per heavy atom. The average molecular weight is 351 g/mol. The molecule has 1 aromatic heterocycles. The van der Waals surface area contributed by atoms with Crippen LogP contribution in [0, 0.1) is 6.92 Å². The number of ether oxygens (including phenoxy) is 1. The number of nitrogens with zero attached hydrogens (tertiary/aromatic N) is 3. The van der Waals surface area contributed by atoms with Crippen LogP contribution < -0.4 is 9.64 Å². The molecule has 0 atom stereocenters. The number of aryl methyl sites for hydroxylation is 1. The monoisotopic (exact) mass is 351 g/mol. The first-order chi connectivity index (χ1) is 11.8. The maximum Gasteiger partial charge on any atom is 0.573 e. The molecule has 25 heavy (non-hydrogen) atoms. The van der Waals surface area contributed by atoms with Crippen LogP contribution >= 0.6 is 0 Å². The van der Waals surface area contributed by atoms with Crippen LogP contribution in [0.15, 0.2) is 42.5 Å². The van der Waals surface area contributed by atoms with Crippen LogP contribution in [0.3, 0.4) is 0 Å². The molecule has 1 aliphatic heterocycles. The summed E-state index contributed by atoms with van der Waals surface area (Å²) in [6.45, 7) is 7.79. The number of hydrogen-bond acceptors (Lipinski definition) is 3. The van der Waals surface area contributed by atoms with E-state index in [9.17, 15) is 13.2 Å². The third kappa shape index (κ3) is 4.35. The van der Waals surface area contributed by atoms with E-state index in [4.69, 9.17) is 0 Å². The van der Waals surface area contributed by atoms with E-state index in [1.807, 2.05) is 13.0 Å². The predicted octanol–water partition coefficient (Wildman–Crippen LogP) is 4.63. The minimum absolute atomic E-state index is 0.243. The number of aromatic nitrogens is 2. The van der Waals surface area contributed by atoms with Crippen molar-refractivity contribution < 1.29 is 17.9 Å². The van der Waals surface area contributed by atoms with Crippen molar-refractivity contribution in [3.63, 3.8) is 0 Å². The Morgan fingerprint density at radius 1 is 1.12 bits per heavy atom. The van der Waals surface area contributed by atoms with Crippen molar-refractivity contribution in [2.75, 3.05) is 18.0 Å². The Morgan fingerprint density at radius 2 is 1.84 bits per heavy atom. The average Bonchev–Trinajstić information content (AvgIpc) is 2.78. The highest BCUT2D eigenvalue weighted by Gasteiger charge is 2.31. The first kappa shape index (κ1) is 17.4. The molecular weight excluding hydrogens is 331 g/mol. The van der Waals surface area contributed by atoms with Crippen LogP contribution in [0.5, 0.6) is 5.75 Å². The molecule has 0 saturated carbocycles. The summed E-state index contributed by atoms with van der Waals surface area (Å²) < 4.78 is 42.4. The summed E-state index contributed by atoms with van der Waals surface area (Å²) in [6, 6.07) is 7.71. The standard InChI is InChI=1S/C18H20F3N3O/c1-13-4-3-10-23(11-9-13)17-12-14(2)24(22-17)15-5-7-16(8-6-15)25-18(19,20)21/h5-8,12H,1,3-4,9-11H2,2H3. The normalized spacial score (nSPS) is 16.0. The molecule has 3 rings (SSSR count). The highest BCUT2D eigenvalue weighted by molar-refractivity contribution is 5.45. The first-order valence-electron chi connectivity index (χ1n) is 8.16. The molecule has 0 aliphatic carbocycles. The fraction of sp³-hybridized carbons (Fsp3) is 0.389. The lowest BCUT2D eigenvalue weighted by molar-refractivity contribution is -0.274. The van der Waals surface area contributed by atoms with E-state index in [-0.39, 0.29) is 5.75 Å². The molecule has 1 aromatic carbocycles. The molecular formula is C18H20F3N3O. The summed E-state index contributed by atoms with van der Waals surface area (Å²) in [4.78, 5) is 2.23.